The van der Waals surface area contributed by atoms with Crippen molar-refractivity contribution >= 4 is 16.8 Å². The summed E-state index contributed by atoms with van der Waals surface area (Å²) in [6.45, 7) is 0.331. The highest BCUT2D eigenvalue weighted by molar-refractivity contribution is 6.06. The van der Waals surface area contributed by atoms with Crippen LogP contribution in [0.3, 0.4) is 0 Å². The molecule has 0 aliphatic carbocycles. The fraction of sp³-hybridized carbons (Fsp3) is 0.250. The van der Waals surface area contributed by atoms with Crippen LogP contribution < -0.4 is 4.74 Å². The first-order valence-electron chi connectivity index (χ1n) is 8.36. The van der Waals surface area contributed by atoms with Crippen LogP contribution in [0.4, 0.5) is 0 Å². The molecule has 1 saturated heterocycles. The Kier molecular flexibility index (Phi) is 3.93. The average Bonchev–Trinajstić information content (AvgIpc) is 3.27. The van der Waals surface area contributed by atoms with E-state index in [1.807, 2.05) is 54.7 Å². The van der Waals surface area contributed by atoms with E-state index in [9.17, 15) is 9.90 Å². The Morgan fingerprint density at radius 3 is 2.92 bits per heavy atom. The lowest BCUT2D eigenvalue weighted by Crippen LogP contribution is -2.32. The standard InChI is InChI=1S/C20H20N2O3/c1-25-16-6-2-5-14(10-16)18-11-15(23)12-22(18)20(24)17-7-3-4-13-8-9-21-19(13)17/h2-10,15,18,21,23H,11-12H2,1H3. The molecule has 128 valence electrons. The predicted molar refractivity (Wildman–Crippen MR) is 95.7 cm³/mol. The maximum atomic E-state index is 13.2. The number of para-hydroxylation sites is 1. The molecule has 2 N–H and O–H groups in total. The van der Waals surface area contributed by atoms with Crippen molar-refractivity contribution in [1.82, 2.24) is 9.88 Å². The number of hydrogen-bond donors (Lipinski definition) is 2. The Labute approximate surface area is 145 Å². The number of H-pyrrole nitrogens is 1. The molecule has 2 aromatic carbocycles. The third-order valence-corrected chi connectivity index (χ3v) is 4.84. The summed E-state index contributed by atoms with van der Waals surface area (Å²) in [6, 6.07) is 15.2. The Hall–Kier alpha value is -2.79. The van der Waals surface area contributed by atoms with Gasteiger partial charge in [0.15, 0.2) is 0 Å². The molecule has 1 aliphatic heterocycles. The summed E-state index contributed by atoms with van der Waals surface area (Å²) >= 11 is 0. The van der Waals surface area contributed by atoms with Crippen LogP contribution >= 0.6 is 0 Å². The second-order valence-electron chi connectivity index (χ2n) is 6.39. The Bertz CT molecular complexity index is 918. The van der Waals surface area contributed by atoms with Crippen LogP contribution in [0.5, 0.6) is 5.75 Å². The van der Waals surface area contributed by atoms with Crippen LogP contribution in [0.1, 0.15) is 28.4 Å². The zero-order valence-corrected chi connectivity index (χ0v) is 14.0. The summed E-state index contributed by atoms with van der Waals surface area (Å²) in [5.74, 6) is 0.676. The molecule has 2 heterocycles. The van der Waals surface area contributed by atoms with Crippen LogP contribution in [-0.4, -0.2) is 40.7 Å². The van der Waals surface area contributed by atoms with E-state index in [0.717, 1.165) is 22.2 Å². The second kappa shape index (κ2) is 6.26. The van der Waals surface area contributed by atoms with Crippen LogP contribution in [0.25, 0.3) is 10.9 Å². The van der Waals surface area contributed by atoms with Gasteiger partial charge >= 0.3 is 0 Å². The number of carbonyl (C=O) groups is 1. The molecule has 25 heavy (non-hydrogen) atoms. The van der Waals surface area contributed by atoms with Crippen molar-refractivity contribution in [1.29, 1.82) is 0 Å². The number of ether oxygens (including phenoxy) is 1. The first-order chi connectivity index (χ1) is 12.2. The van der Waals surface area contributed by atoms with Gasteiger partial charge < -0.3 is 19.7 Å². The van der Waals surface area contributed by atoms with E-state index in [1.165, 1.54) is 0 Å². The molecule has 1 aromatic heterocycles. The molecule has 5 nitrogen and oxygen atoms in total. The minimum Gasteiger partial charge on any atom is -0.497 e. The highest BCUT2D eigenvalue weighted by Gasteiger charge is 2.36. The normalized spacial score (nSPS) is 20.2. The van der Waals surface area contributed by atoms with Crippen LogP contribution in [0.15, 0.2) is 54.7 Å². The first-order valence-corrected chi connectivity index (χ1v) is 8.36. The summed E-state index contributed by atoms with van der Waals surface area (Å²) in [7, 11) is 1.62. The number of aliphatic hydroxyl groups excluding tert-OH is 1. The number of amides is 1. The van der Waals surface area contributed by atoms with E-state index in [4.69, 9.17) is 4.74 Å². The number of aliphatic hydroxyl groups is 1. The summed E-state index contributed by atoms with van der Waals surface area (Å²) < 4.78 is 5.30. The van der Waals surface area contributed by atoms with Gasteiger partial charge in [-0.3, -0.25) is 4.79 Å². The van der Waals surface area contributed by atoms with E-state index in [1.54, 1.807) is 12.0 Å². The number of nitrogens with zero attached hydrogens (tertiary/aromatic N) is 1. The lowest BCUT2D eigenvalue weighted by molar-refractivity contribution is 0.0717. The number of benzene rings is 2. The quantitative estimate of drug-likeness (QED) is 0.772. The molecule has 0 spiro atoms. The third kappa shape index (κ3) is 2.76. The van der Waals surface area contributed by atoms with Gasteiger partial charge in [-0.25, -0.2) is 0 Å². The van der Waals surface area contributed by atoms with Gasteiger partial charge in [0.25, 0.3) is 5.91 Å². The number of hydrogen-bond acceptors (Lipinski definition) is 3. The number of β-amino-alcohol motifs (C(OH)–C–C–N with tert-alkyl or cyclic N) is 1. The van der Waals surface area contributed by atoms with Crippen molar-refractivity contribution in [3.05, 3.63) is 65.9 Å². The Balaban J connectivity index is 1.72. The number of nitrogens with one attached hydrogen (secondary N) is 1. The predicted octanol–water partition coefficient (Wildman–Crippen LogP) is 3.12. The molecule has 5 heteroatoms. The lowest BCUT2D eigenvalue weighted by Gasteiger charge is -2.25. The van der Waals surface area contributed by atoms with Crippen LogP contribution in [-0.2, 0) is 0 Å². The number of methoxy groups -OCH3 is 1. The minimum absolute atomic E-state index is 0.0718. The zero-order valence-electron chi connectivity index (χ0n) is 14.0. The van der Waals surface area contributed by atoms with Gasteiger partial charge in [-0.2, -0.15) is 0 Å². The molecule has 0 radical (unpaired) electrons. The van der Waals surface area contributed by atoms with Gasteiger partial charge in [0.1, 0.15) is 5.75 Å². The van der Waals surface area contributed by atoms with Gasteiger partial charge in [-0.15, -0.1) is 0 Å². The van der Waals surface area contributed by atoms with Crippen molar-refractivity contribution in [3.63, 3.8) is 0 Å². The zero-order chi connectivity index (χ0) is 17.4. The van der Waals surface area contributed by atoms with Gasteiger partial charge in [0.05, 0.1) is 30.3 Å². The molecular weight excluding hydrogens is 316 g/mol. The molecule has 4 rings (SSSR count). The fourth-order valence-corrected chi connectivity index (χ4v) is 3.62. The monoisotopic (exact) mass is 336 g/mol. The van der Waals surface area contributed by atoms with Crippen molar-refractivity contribution < 1.29 is 14.6 Å². The number of carbonyl (C=O) groups excluding carboxylic acids is 1. The third-order valence-electron chi connectivity index (χ3n) is 4.84. The number of aromatic nitrogens is 1. The Morgan fingerprint density at radius 2 is 2.08 bits per heavy atom. The van der Waals surface area contributed by atoms with E-state index >= 15 is 0 Å². The molecule has 1 amide bonds. The smallest absolute Gasteiger partial charge is 0.256 e. The second-order valence-corrected chi connectivity index (χ2v) is 6.39. The lowest BCUT2D eigenvalue weighted by atomic mass is 10.0. The van der Waals surface area contributed by atoms with Gasteiger partial charge in [-0.05, 0) is 36.2 Å². The largest absolute Gasteiger partial charge is 0.497 e. The van der Waals surface area contributed by atoms with Gasteiger partial charge in [0, 0.05) is 18.1 Å². The summed E-state index contributed by atoms with van der Waals surface area (Å²) in [4.78, 5) is 18.1. The summed E-state index contributed by atoms with van der Waals surface area (Å²) in [5, 5.41) is 11.2. The van der Waals surface area contributed by atoms with Crippen molar-refractivity contribution in [3.8, 4) is 5.75 Å². The molecule has 0 saturated carbocycles. The molecule has 0 bridgehead atoms. The maximum Gasteiger partial charge on any atom is 0.256 e. The van der Waals surface area contributed by atoms with E-state index in [-0.39, 0.29) is 11.9 Å². The summed E-state index contributed by atoms with van der Waals surface area (Å²) in [5.41, 5.74) is 2.44. The summed E-state index contributed by atoms with van der Waals surface area (Å²) in [6.07, 6.45) is 1.84. The van der Waals surface area contributed by atoms with Gasteiger partial charge in [-0.1, -0.05) is 24.3 Å². The molecular formula is C20H20N2O3. The average molecular weight is 336 g/mol. The topological polar surface area (TPSA) is 65.6 Å². The fourth-order valence-electron chi connectivity index (χ4n) is 3.62. The molecule has 2 atom stereocenters. The Morgan fingerprint density at radius 1 is 1.24 bits per heavy atom. The van der Waals surface area contributed by atoms with Crippen molar-refractivity contribution in [2.75, 3.05) is 13.7 Å². The van der Waals surface area contributed by atoms with Crippen LogP contribution in [0, 0.1) is 0 Å². The van der Waals surface area contributed by atoms with Crippen LogP contribution in [0.2, 0.25) is 0 Å². The minimum atomic E-state index is -0.525. The van der Waals surface area contributed by atoms with E-state index < -0.39 is 6.10 Å². The first kappa shape index (κ1) is 15.7. The number of aromatic amines is 1. The number of rotatable bonds is 3. The SMILES string of the molecule is COc1cccc(C2CC(O)CN2C(=O)c2cccc3cc[nH]c23)c1. The number of fused-ring (bicyclic) bond motifs is 1. The molecule has 1 aliphatic rings. The molecule has 3 aromatic rings. The molecule has 2 unspecified atom stereocenters. The van der Waals surface area contributed by atoms with Crippen molar-refractivity contribution in [2.45, 2.75) is 18.6 Å². The maximum absolute atomic E-state index is 13.2. The highest BCUT2D eigenvalue weighted by Crippen LogP contribution is 2.35. The van der Waals surface area contributed by atoms with E-state index in [0.29, 0.717) is 18.5 Å². The molecule has 1 fully saturated rings. The van der Waals surface area contributed by atoms with E-state index in [2.05, 4.69) is 4.98 Å². The highest BCUT2D eigenvalue weighted by atomic mass is 16.5. The number of likely N-dealkylation sites (tertiary alicyclic amines) is 1. The van der Waals surface area contributed by atoms with Crippen molar-refractivity contribution in [2.24, 2.45) is 0 Å². The van der Waals surface area contributed by atoms with Gasteiger partial charge in [0.2, 0.25) is 0 Å².